The van der Waals surface area contributed by atoms with E-state index in [1.54, 1.807) is 0 Å². The molecule has 108 valence electrons. The van der Waals surface area contributed by atoms with Gasteiger partial charge in [0.2, 0.25) is 0 Å². The molecule has 0 spiro atoms. The number of hydrogen-bond donors (Lipinski definition) is 1. The average Bonchev–Trinajstić information content (AvgIpc) is 2.64. The Balaban J connectivity index is 2.34. The molecule has 0 amide bonds. The van der Waals surface area contributed by atoms with Crippen molar-refractivity contribution < 1.29 is 18.3 Å². The molecule has 2 aromatic rings. The Hall–Kier alpha value is -1.82. The first-order valence-electron chi connectivity index (χ1n) is 6.13. The Labute approximate surface area is 114 Å². The van der Waals surface area contributed by atoms with Crippen LogP contribution in [-0.4, -0.2) is 21.1 Å². The second-order valence-electron chi connectivity index (χ2n) is 4.67. The van der Waals surface area contributed by atoms with Gasteiger partial charge in [-0.2, -0.15) is 18.3 Å². The first kappa shape index (κ1) is 14.6. The van der Waals surface area contributed by atoms with E-state index in [0.29, 0.717) is 12.2 Å². The fraction of sp³-hybridized carbons (Fsp3) is 0.357. The van der Waals surface area contributed by atoms with Crippen molar-refractivity contribution >= 4 is 0 Å². The average molecular weight is 284 g/mol. The van der Waals surface area contributed by atoms with Crippen molar-refractivity contribution in [2.24, 2.45) is 0 Å². The Morgan fingerprint density at radius 3 is 2.35 bits per heavy atom. The predicted molar refractivity (Wildman–Crippen MR) is 68.3 cm³/mol. The van der Waals surface area contributed by atoms with Crippen LogP contribution in [0.1, 0.15) is 28.6 Å². The zero-order valence-corrected chi connectivity index (χ0v) is 11.1. The van der Waals surface area contributed by atoms with E-state index in [0.717, 1.165) is 5.56 Å². The molecule has 0 saturated heterocycles. The van der Waals surface area contributed by atoms with Crippen LogP contribution >= 0.6 is 0 Å². The third-order valence-corrected chi connectivity index (χ3v) is 3.20. The summed E-state index contributed by atoms with van der Waals surface area (Å²) in [6.45, 7) is 3.38. The highest BCUT2D eigenvalue weighted by Crippen LogP contribution is 2.35. The number of benzene rings is 1. The van der Waals surface area contributed by atoms with Crippen LogP contribution in [0.15, 0.2) is 30.3 Å². The molecule has 1 aromatic heterocycles. The SMILES string of the molecule is Cc1nn(Cc2ccccc2)c(C)c1C(O)C(F)(F)F. The zero-order valence-electron chi connectivity index (χ0n) is 11.1. The van der Waals surface area contributed by atoms with Gasteiger partial charge >= 0.3 is 6.18 Å². The summed E-state index contributed by atoms with van der Waals surface area (Å²) >= 11 is 0. The Morgan fingerprint density at radius 2 is 1.80 bits per heavy atom. The first-order valence-corrected chi connectivity index (χ1v) is 6.13. The van der Waals surface area contributed by atoms with Gasteiger partial charge in [0.15, 0.2) is 6.10 Å². The van der Waals surface area contributed by atoms with Gasteiger partial charge in [0.25, 0.3) is 0 Å². The second-order valence-corrected chi connectivity index (χ2v) is 4.67. The molecule has 1 unspecified atom stereocenters. The minimum atomic E-state index is -4.68. The van der Waals surface area contributed by atoms with Gasteiger partial charge in [0.05, 0.1) is 12.2 Å². The second kappa shape index (κ2) is 5.28. The van der Waals surface area contributed by atoms with Crippen molar-refractivity contribution in [3.63, 3.8) is 0 Å². The lowest BCUT2D eigenvalue weighted by molar-refractivity contribution is -0.207. The molecule has 0 aliphatic rings. The lowest BCUT2D eigenvalue weighted by Gasteiger charge is -2.15. The highest BCUT2D eigenvalue weighted by molar-refractivity contribution is 5.29. The number of aryl methyl sites for hydroxylation is 1. The minimum Gasteiger partial charge on any atom is -0.379 e. The molecule has 3 nitrogen and oxygen atoms in total. The monoisotopic (exact) mass is 284 g/mol. The Morgan fingerprint density at radius 1 is 1.20 bits per heavy atom. The summed E-state index contributed by atoms with van der Waals surface area (Å²) in [5.74, 6) is 0. The standard InChI is InChI=1S/C14H15F3N2O/c1-9-12(13(20)14(15,16)17)10(2)19(18-9)8-11-6-4-3-5-7-11/h3-7,13,20H,8H2,1-2H3. The van der Waals surface area contributed by atoms with Crippen molar-refractivity contribution in [3.05, 3.63) is 52.8 Å². The molecule has 0 aliphatic carbocycles. The van der Waals surface area contributed by atoms with Gasteiger partial charge in [0, 0.05) is 11.3 Å². The van der Waals surface area contributed by atoms with Gasteiger partial charge in [-0.05, 0) is 19.4 Å². The number of aliphatic hydroxyl groups excluding tert-OH is 1. The predicted octanol–water partition coefficient (Wildman–Crippen LogP) is 3.14. The highest BCUT2D eigenvalue weighted by atomic mass is 19.4. The van der Waals surface area contributed by atoms with Gasteiger partial charge in [0.1, 0.15) is 0 Å². The van der Waals surface area contributed by atoms with Gasteiger partial charge in [-0.3, -0.25) is 4.68 Å². The third-order valence-electron chi connectivity index (χ3n) is 3.20. The van der Waals surface area contributed by atoms with Crippen LogP contribution < -0.4 is 0 Å². The molecule has 6 heteroatoms. The molecule has 0 aliphatic heterocycles. The van der Waals surface area contributed by atoms with Gasteiger partial charge < -0.3 is 5.11 Å². The fourth-order valence-corrected chi connectivity index (χ4v) is 2.18. The summed E-state index contributed by atoms with van der Waals surface area (Å²) in [6.07, 6.45) is -7.18. The van der Waals surface area contributed by atoms with E-state index in [2.05, 4.69) is 5.10 Å². The van der Waals surface area contributed by atoms with Crippen LogP contribution in [0, 0.1) is 13.8 Å². The maximum atomic E-state index is 12.6. The third kappa shape index (κ3) is 2.85. The van der Waals surface area contributed by atoms with Crippen LogP contribution in [0.5, 0.6) is 0 Å². The zero-order chi connectivity index (χ0) is 14.9. The lowest BCUT2D eigenvalue weighted by atomic mass is 10.1. The number of rotatable bonds is 3. The maximum Gasteiger partial charge on any atom is 0.418 e. The number of alkyl halides is 3. The van der Waals surface area contributed by atoms with Gasteiger partial charge in [-0.25, -0.2) is 0 Å². The molecular formula is C14H15F3N2O. The number of halogens is 3. The lowest BCUT2D eigenvalue weighted by Crippen LogP contribution is -2.21. The quantitative estimate of drug-likeness (QED) is 0.940. The van der Waals surface area contributed by atoms with E-state index >= 15 is 0 Å². The smallest absolute Gasteiger partial charge is 0.379 e. The Kier molecular flexibility index (Phi) is 3.85. The maximum absolute atomic E-state index is 12.6. The first-order chi connectivity index (χ1) is 9.30. The van der Waals surface area contributed by atoms with Crippen molar-refractivity contribution in [1.29, 1.82) is 0 Å². The van der Waals surface area contributed by atoms with E-state index in [1.165, 1.54) is 18.5 Å². The summed E-state index contributed by atoms with van der Waals surface area (Å²) in [4.78, 5) is 0. The van der Waals surface area contributed by atoms with E-state index in [-0.39, 0.29) is 11.3 Å². The molecule has 0 bridgehead atoms. The van der Waals surface area contributed by atoms with Crippen LogP contribution in [0.3, 0.4) is 0 Å². The molecule has 20 heavy (non-hydrogen) atoms. The van der Waals surface area contributed by atoms with Crippen molar-refractivity contribution in [1.82, 2.24) is 9.78 Å². The highest BCUT2D eigenvalue weighted by Gasteiger charge is 2.42. The van der Waals surface area contributed by atoms with Crippen molar-refractivity contribution in [2.45, 2.75) is 32.7 Å². The number of hydrogen-bond acceptors (Lipinski definition) is 2. The van der Waals surface area contributed by atoms with E-state index in [1.807, 2.05) is 30.3 Å². The number of aliphatic hydroxyl groups is 1. The molecule has 0 saturated carbocycles. The summed E-state index contributed by atoms with van der Waals surface area (Å²) in [5.41, 5.74) is 1.30. The molecule has 1 atom stereocenters. The van der Waals surface area contributed by atoms with Gasteiger partial charge in [-0.15, -0.1) is 0 Å². The fourth-order valence-electron chi connectivity index (χ4n) is 2.18. The van der Waals surface area contributed by atoms with E-state index < -0.39 is 12.3 Å². The molecule has 0 fully saturated rings. The topological polar surface area (TPSA) is 38.0 Å². The summed E-state index contributed by atoms with van der Waals surface area (Å²) in [7, 11) is 0. The summed E-state index contributed by atoms with van der Waals surface area (Å²) < 4.78 is 39.4. The van der Waals surface area contributed by atoms with Crippen molar-refractivity contribution in [2.75, 3.05) is 0 Å². The molecule has 2 rings (SSSR count). The van der Waals surface area contributed by atoms with Crippen LogP contribution in [0.25, 0.3) is 0 Å². The molecule has 1 aromatic carbocycles. The van der Waals surface area contributed by atoms with Crippen LogP contribution in [0.2, 0.25) is 0 Å². The number of nitrogens with zero attached hydrogens (tertiary/aromatic N) is 2. The summed E-state index contributed by atoms with van der Waals surface area (Å²) in [6, 6.07) is 9.31. The van der Waals surface area contributed by atoms with Gasteiger partial charge in [-0.1, -0.05) is 30.3 Å². The molecule has 1 heterocycles. The largest absolute Gasteiger partial charge is 0.418 e. The van der Waals surface area contributed by atoms with E-state index in [9.17, 15) is 18.3 Å². The normalized spacial score (nSPS) is 13.5. The summed E-state index contributed by atoms with van der Waals surface area (Å²) in [5, 5.41) is 13.5. The van der Waals surface area contributed by atoms with Crippen LogP contribution in [0.4, 0.5) is 13.2 Å². The Bertz CT molecular complexity index is 590. The minimum absolute atomic E-state index is 0.159. The van der Waals surface area contributed by atoms with Crippen molar-refractivity contribution in [3.8, 4) is 0 Å². The van der Waals surface area contributed by atoms with Crippen LogP contribution in [-0.2, 0) is 6.54 Å². The number of aromatic nitrogens is 2. The molecule has 1 N–H and O–H groups in total. The molecule has 0 radical (unpaired) electrons. The molecular weight excluding hydrogens is 269 g/mol. The van der Waals surface area contributed by atoms with E-state index in [4.69, 9.17) is 0 Å².